The Hall–Kier alpha value is -3.35. The van der Waals surface area contributed by atoms with Crippen molar-refractivity contribution in [1.82, 2.24) is 4.90 Å². The fourth-order valence-corrected chi connectivity index (χ4v) is 3.39. The van der Waals surface area contributed by atoms with E-state index >= 15 is 0 Å². The van der Waals surface area contributed by atoms with E-state index in [0.717, 1.165) is 4.90 Å². The number of imide groups is 1. The van der Waals surface area contributed by atoms with Gasteiger partial charge in [0.2, 0.25) is 5.91 Å². The number of rotatable bonds is 7. The molecule has 152 valence electrons. The van der Waals surface area contributed by atoms with Crippen molar-refractivity contribution in [1.29, 1.82) is 0 Å². The predicted octanol–water partition coefficient (Wildman–Crippen LogP) is 3.35. The molecule has 0 spiro atoms. The number of carbonyl (C=O) groups excluding carboxylic acids is 3. The molecule has 0 saturated carbocycles. The molecule has 1 aliphatic heterocycles. The highest BCUT2D eigenvalue weighted by atomic mass is 16.5. The Morgan fingerprint density at radius 3 is 2.14 bits per heavy atom. The molecule has 0 bridgehead atoms. The maximum Gasteiger partial charge on any atom is 0.262 e. The number of carbonyl (C=O) groups is 3. The van der Waals surface area contributed by atoms with Gasteiger partial charge >= 0.3 is 0 Å². The summed E-state index contributed by atoms with van der Waals surface area (Å²) in [6.45, 7) is 3.87. The van der Waals surface area contributed by atoms with Crippen LogP contribution in [0.15, 0.2) is 42.5 Å². The molecule has 0 unspecified atom stereocenters. The fourth-order valence-electron chi connectivity index (χ4n) is 3.39. The van der Waals surface area contributed by atoms with Crippen LogP contribution in [0, 0.1) is 5.92 Å². The van der Waals surface area contributed by atoms with E-state index in [0.29, 0.717) is 34.7 Å². The highest BCUT2D eigenvalue weighted by Gasteiger charge is 2.42. The second-order valence-corrected chi connectivity index (χ2v) is 7.23. The molecule has 2 aromatic rings. The Morgan fingerprint density at radius 2 is 1.62 bits per heavy atom. The number of benzene rings is 2. The Bertz CT molecular complexity index is 919. The van der Waals surface area contributed by atoms with Crippen molar-refractivity contribution in [2.45, 2.75) is 26.3 Å². The zero-order valence-corrected chi connectivity index (χ0v) is 16.9. The van der Waals surface area contributed by atoms with Crippen molar-refractivity contribution in [2.75, 3.05) is 19.5 Å². The van der Waals surface area contributed by atoms with Crippen LogP contribution in [-0.2, 0) is 4.79 Å². The third-order valence-electron chi connectivity index (χ3n) is 4.80. The highest BCUT2D eigenvalue weighted by Crippen LogP contribution is 2.31. The molecule has 29 heavy (non-hydrogen) atoms. The SMILES string of the molecule is COc1ccc(OC)c(NC(=O)[C@@H](CC(C)C)N2C(=O)c3ccccc3C2=O)c1. The number of hydrogen-bond donors (Lipinski definition) is 1. The normalized spacial score (nSPS) is 14.0. The molecule has 1 aliphatic rings. The van der Waals surface area contributed by atoms with Crippen LogP contribution >= 0.6 is 0 Å². The zero-order valence-electron chi connectivity index (χ0n) is 16.9. The Morgan fingerprint density at radius 1 is 1.00 bits per heavy atom. The Balaban J connectivity index is 1.93. The lowest BCUT2D eigenvalue weighted by atomic mass is 10.0. The van der Waals surface area contributed by atoms with Gasteiger partial charge in [0, 0.05) is 6.07 Å². The fraction of sp³-hybridized carbons (Fsp3) is 0.318. The second kappa shape index (κ2) is 8.34. The number of hydrogen-bond acceptors (Lipinski definition) is 5. The lowest BCUT2D eigenvalue weighted by Gasteiger charge is -2.27. The lowest BCUT2D eigenvalue weighted by molar-refractivity contribution is -0.120. The number of methoxy groups -OCH3 is 2. The first-order chi connectivity index (χ1) is 13.9. The van der Waals surface area contributed by atoms with E-state index < -0.39 is 23.8 Å². The molecule has 0 saturated heterocycles. The number of amides is 3. The third kappa shape index (κ3) is 3.94. The average molecular weight is 396 g/mol. The maximum absolute atomic E-state index is 13.2. The molecule has 3 amide bonds. The van der Waals surface area contributed by atoms with Crippen molar-refractivity contribution < 1.29 is 23.9 Å². The van der Waals surface area contributed by atoms with Gasteiger partial charge in [0.15, 0.2) is 0 Å². The van der Waals surface area contributed by atoms with Crippen LogP contribution in [0.5, 0.6) is 11.5 Å². The van der Waals surface area contributed by atoms with Crippen molar-refractivity contribution in [2.24, 2.45) is 5.92 Å². The second-order valence-electron chi connectivity index (χ2n) is 7.23. The Kier molecular flexibility index (Phi) is 5.87. The first-order valence-corrected chi connectivity index (χ1v) is 9.37. The van der Waals surface area contributed by atoms with Crippen molar-refractivity contribution >= 4 is 23.4 Å². The largest absolute Gasteiger partial charge is 0.497 e. The summed E-state index contributed by atoms with van der Waals surface area (Å²) >= 11 is 0. The third-order valence-corrected chi connectivity index (χ3v) is 4.80. The minimum atomic E-state index is -0.946. The molecule has 0 aliphatic carbocycles. The topological polar surface area (TPSA) is 84.9 Å². The minimum absolute atomic E-state index is 0.0854. The number of anilines is 1. The first-order valence-electron chi connectivity index (χ1n) is 9.37. The molecular formula is C22H24N2O5. The predicted molar refractivity (Wildman–Crippen MR) is 108 cm³/mol. The van der Waals surface area contributed by atoms with Gasteiger partial charge < -0.3 is 14.8 Å². The summed E-state index contributed by atoms with van der Waals surface area (Å²) < 4.78 is 10.5. The quantitative estimate of drug-likeness (QED) is 0.726. The van der Waals surface area contributed by atoms with Crippen molar-refractivity contribution in [3.63, 3.8) is 0 Å². The number of nitrogens with one attached hydrogen (secondary N) is 1. The standard InChI is InChI=1S/C22H24N2O5/c1-13(2)11-18(24-21(26)15-7-5-6-8-16(15)22(24)27)20(25)23-17-12-14(28-3)9-10-19(17)29-4/h5-10,12-13,18H,11H2,1-4H3,(H,23,25)/t18-/m1/s1. The van der Waals surface area contributed by atoms with Gasteiger partial charge in [-0.15, -0.1) is 0 Å². The molecule has 0 radical (unpaired) electrons. The van der Waals surface area contributed by atoms with E-state index in [1.54, 1.807) is 42.5 Å². The van der Waals surface area contributed by atoms with E-state index in [4.69, 9.17) is 9.47 Å². The van der Waals surface area contributed by atoms with Gasteiger partial charge in [0.1, 0.15) is 17.5 Å². The average Bonchev–Trinajstić information content (AvgIpc) is 2.96. The van der Waals surface area contributed by atoms with Gasteiger partial charge in [0.05, 0.1) is 31.0 Å². The van der Waals surface area contributed by atoms with Crippen molar-refractivity contribution in [3.05, 3.63) is 53.6 Å². The van der Waals surface area contributed by atoms with Crippen LogP contribution in [0.25, 0.3) is 0 Å². The van der Waals surface area contributed by atoms with Crippen molar-refractivity contribution in [3.8, 4) is 11.5 Å². The molecule has 1 atom stereocenters. The van der Waals surface area contributed by atoms with Crippen LogP contribution in [-0.4, -0.2) is 42.9 Å². The van der Waals surface area contributed by atoms with E-state index in [-0.39, 0.29) is 5.92 Å². The van der Waals surface area contributed by atoms with Gasteiger partial charge in [-0.25, -0.2) is 0 Å². The van der Waals surface area contributed by atoms with Gasteiger partial charge in [-0.2, -0.15) is 0 Å². The molecule has 3 rings (SSSR count). The molecule has 7 heteroatoms. The summed E-state index contributed by atoms with van der Waals surface area (Å²) in [4.78, 5) is 40.0. The summed E-state index contributed by atoms with van der Waals surface area (Å²) in [6.07, 6.45) is 0.337. The van der Waals surface area contributed by atoms with E-state index in [9.17, 15) is 14.4 Å². The molecule has 1 heterocycles. The Labute approximate surface area is 169 Å². The molecule has 1 N–H and O–H groups in total. The summed E-state index contributed by atoms with van der Waals surface area (Å²) in [5.41, 5.74) is 1.04. The summed E-state index contributed by atoms with van der Waals surface area (Å²) in [6, 6.07) is 10.7. The van der Waals surface area contributed by atoms with Gasteiger partial charge in [0.25, 0.3) is 11.8 Å². The first kappa shape index (κ1) is 20.4. The van der Waals surface area contributed by atoms with Gasteiger partial charge in [-0.05, 0) is 36.6 Å². The van der Waals surface area contributed by atoms with Crippen LogP contribution in [0.4, 0.5) is 5.69 Å². The lowest BCUT2D eigenvalue weighted by Crippen LogP contribution is -2.48. The highest BCUT2D eigenvalue weighted by molar-refractivity contribution is 6.23. The maximum atomic E-state index is 13.2. The van der Waals surface area contributed by atoms with Crippen LogP contribution in [0.1, 0.15) is 41.0 Å². The number of nitrogens with zero attached hydrogens (tertiary/aromatic N) is 1. The minimum Gasteiger partial charge on any atom is -0.497 e. The zero-order chi connectivity index (χ0) is 21.1. The molecule has 7 nitrogen and oxygen atoms in total. The molecule has 0 fully saturated rings. The van der Waals surface area contributed by atoms with Crippen LogP contribution in [0.2, 0.25) is 0 Å². The van der Waals surface area contributed by atoms with Gasteiger partial charge in [-0.3, -0.25) is 19.3 Å². The monoisotopic (exact) mass is 396 g/mol. The van der Waals surface area contributed by atoms with Crippen LogP contribution < -0.4 is 14.8 Å². The summed E-state index contributed by atoms with van der Waals surface area (Å²) in [7, 11) is 3.01. The van der Waals surface area contributed by atoms with E-state index in [1.807, 2.05) is 13.8 Å². The molecule has 2 aromatic carbocycles. The molecule has 0 aromatic heterocycles. The van der Waals surface area contributed by atoms with E-state index in [2.05, 4.69) is 5.32 Å². The van der Waals surface area contributed by atoms with E-state index in [1.165, 1.54) is 14.2 Å². The van der Waals surface area contributed by atoms with Crippen LogP contribution in [0.3, 0.4) is 0 Å². The summed E-state index contributed by atoms with van der Waals surface area (Å²) in [5.74, 6) is -0.290. The molecular weight excluding hydrogens is 372 g/mol. The van der Waals surface area contributed by atoms with Gasteiger partial charge in [-0.1, -0.05) is 26.0 Å². The smallest absolute Gasteiger partial charge is 0.262 e. The number of ether oxygens (including phenoxy) is 2. The summed E-state index contributed by atoms with van der Waals surface area (Å²) in [5, 5.41) is 2.80. The number of fused-ring (bicyclic) bond motifs is 1.